The van der Waals surface area contributed by atoms with Gasteiger partial charge in [0.1, 0.15) is 5.65 Å². The van der Waals surface area contributed by atoms with Crippen LogP contribution < -0.4 is 5.56 Å². The van der Waals surface area contributed by atoms with E-state index < -0.39 is 0 Å². The van der Waals surface area contributed by atoms with Gasteiger partial charge < -0.3 is 0 Å². The third-order valence-corrected chi connectivity index (χ3v) is 8.69. The first-order valence-corrected chi connectivity index (χ1v) is 14.3. The van der Waals surface area contributed by atoms with E-state index in [1.807, 2.05) is 53.1 Å². The highest BCUT2D eigenvalue weighted by Gasteiger charge is 2.21. The fourth-order valence-electron chi connectivity index (χ4n) is 6.92. The molecule has 0 fully saturated rings. The number of pyridine rings is 1. The van der Waals surface area contributed by atoms with Crippen molar-refractivity contribution in [3.63, 3.8) is 0 Å². The number of hydrogen-bond acceptors (Lipinski definition) is 1. The Morgan fingerprint density at radius 1 is 0.357 bits per heavy atom. The van der Waals surface area contributed by atoms with Crippen LogP contribution in [-0.2, 0) is 0 Å². The average molecular weight is 537 g/mol. The second-order valence-corrected chi connectivity index (χ2v) is 10.9. The third-order valence-electron chi connectivity index (χ3n) is 8.69. The quantitative estimate of drug-likeness (QED) is 0.202. The summed E-state index contributed by atoms with van der Waals surface area (Å²) in [5.74, 6) is 0. The van der Waals surface area contributed by atoms with E-state index in [0.29, 0.717) is 5.39 Å². The van der Waals surface area contributed by atoms with Crippen molar-refractivity contribution < 1.29 is 0 Å². The largest absolute Gasteiger partial charge is 0.295 e. The van der Waals surface area contributed by atoms with Gasteiger partial charge in [0.05, 0.1) is 11.2 Å². The highest BCUT2D eigenvalue weighted by atomic mass is 16.1. The van der Waals surface area contributed by atoms with E-state index in [9.17, 15) is 4.79 Å². The van der Waals surface area contributed by atoms with Gasteiger partial charge in [-0.2, -0.15) is 0 Å². The highest BCUT2D eigenvalue weighted by molar-refractivity contribution is 6.26. The summed E-state index contributed by atoms with van der Waals surface area (Å²) in [7, 11) is 0. The molecule has 2 aromatic heterocycles. The number of hydrogen-bond donors (Lipinski definition) is 0. The van der Waals surface area contributed by atoms with Gasteiger partial charge in [-0.25, -0.2) is 0 Å². The zero-order chi connectivity index (χ0) is 27.8. The van der Waals surface area contributed by atoms with Gasteiger partial charge in [0.25, 0.3) is 5.56 Å². The number of para-hydroxylation sites is 2. The smallest absolute Gasteiger partial charge is 0.264 e. The van der Waals surface area contributed by atoms with Crippen LogP contribution in [0.1, 0.15) is 0 Å². The molecule has 0 atom stereocenters. The van der Waals surface area contributed by atoms with Crippen LogP contribution in [0.3, 0.4) is 0 Å². The van der Waals surface area contributed by atoms with Gasteiger partial charge >= 0.3 is 0 Å². The summed E-state index contributed by atoms with van der Waals surface area (Å²) >= 11 is 0. The van der Waals surface area contributed by atoms with Gasteiger partial charge in [0.2, 0.25) is 0 Å². The van der Waals surface area contributed by atoms with Crippen molar-refractivity contribution in [2.75, 3.05) is 0 Å². The topological polar surface area (TPSA) is 26.9 Å². The van der Waals surface area contributed by atoms with Crippen LogP contribution in [0, 0.1) is 0 Å². The zero-order valence-electron chi connectivity index (χ0n) is 22.7. The Bertz CT molecular complexity index is 2550. The molecule has 0 unspecified atom stereocenters. The molecule has 42 heavy (non-hydrogen) atoms. The van der Waals surface area contributed by atoms with Crippen molar-refractivity contribution in [3.05, 3.63) is 156 Å². The Balaban J connectivity index is 1.51. The lowest BCUT2D eigenvalue weighted by molar-refractivity contribution is 0.997. The Labute approximate surface area is 241 Å². The Morgan fingerprint density at radius 3 is 1.52 bits per heavy atom. The number of aromatic nitrogens is 2. The summed E-state index contributed by atoms with van der Waals surface area (Å²) in [5.41, 5.74) is 3.78. The molecule has 0 radical (unpaired) electrons. The molecule has 0 aliphatic heterocycles. The Morgan fingerprint density at radius 2 is 0.857 bits per heavy atom. The minimum atomic E-state index is -0.0226. The van der Waals surface area contributed by atoms with E-state index in [0.717, 1.165) is 38.7 Å². The lowest BCUT2D eigenvalue weighted by Crippen LogP contribution is -2.20. The van der Waals surface area contributed by atoms with E-state index in [-0.39, 0.29) is 5.56 Å². The number of nitrogens with zero attached hydrogens (tertiary/aromatic N) is 2. The van der Waals surface area contributed by atoms with Gasteiger partial charge in [-0.15, -0.1) is 0 Å². The molecule has 7 aromatic carbocycles. The fraction of sp³-hybridized carbons (Fsp3) is 0. The predicted octanol–water partition coefficient (Wildman–Crippen LogP) is 9.55. The molecule has 3 nitrogen and oxygen atoms in total. The SMILES string of the molecule is O=c1c2ccccc2c2c3ccccc3n(-c3ccc4c5ccccc5c5ccccc5c4c3)c2n1-c1ccccc1. The minimum Gasteiger partial charge on any atom is -0.295 e. The van der Waals surface area contributed by atoms with Crippen LogP contribution in [-0.4, -0.2) is 9.13 Å². The van der Waals surface area contributed by atoms with Crippen LogP contribution in [0.4, 0.5) is 0 Å². The lowest BCUT2D eigenvalue weighted by atomic mass is 9.94. The van der Waals surface area contributed by atoms with E-state index in [2.05, 4.69) is 102 Å². The van der Waals surface area contributed by atoms with Gasteiger partial charge in [0, 0.05) is 21.8 Å². The van der Waals surface area contributed by atoms with Crippen LogP contribution >= 0.6 is 0 Å². The molecule has 0 aliphatic rings. The summed E-state index contributed by atoms with van der Waals surface area (Å²) in [5, 5.41) is 11.3. The molecule has 2 heterocycles. The van der Waals surface area contributed by atoms with Crippen molar-refractivity contribution in [2.24, 2.45) is 0 Å². The number of fused-ring (bicyclic) bond motifs is 11. The maximum atomic E-state index is 14.3. The van der Waals surface area contributed by atoms with Crippen LogP contribution in [0.2, 0.25) is 0 Å². The fourth-order valence-corrected chi connectivity index (χ4v) is 6.92. The van der Waals surface area contributed by atoms with Crippen LogP contribution in [0.15, 0.2) is 150 Å². The van der Waals surface area contributed by atoms with Gasteiger partial charge in [-0.1, -0.05) is 109 Å². The summed E-state index contributed by atoms with van der Waals surface area (Å²) in [6, 6.07) is 50.5. The van der Waals surface area contributed by atoms with Gasteiger partial charge in [-0.3, -0.25) is 13.9 Å². The molecule has 0 saturated heterocycles. The standard InChI is InChI=1S/C39H24N2O/c42-39-33-19-9-8-18-32(33)37-34-20-10-11-21-36(34)40(38(37)41(39)25-12-2-1-3-13-25)26-22-23-31-29-16-5-4-14-27(29)28-15-6-7-17-30(28)35(31)24-26/h1-24H. The first-order valence-electron chi connectivity index (χ1n) is 14.3. The molecule has 0 spiro atoms. The first kappa shape index (κ1) is 23.1. The molecule has 9 aromatic rings. The molecule has 0 bridgehead atoms. The van der Waals surface area contributed by atoms with E-state index >= 15 is 0 Å². The first-order chi connectivity index (χ1) is 20.8. The maximum Gasteiger partial charge on any atom is 0.264 e. The number of rotatable bonds is 2. The lowest BCUT2D eigenvalue weighted by Gasteiger charge is -2.16. The van der Waals surface area contributed by atoms with Gasteiger partial charge in [-0.05, 0) is 74.1 Å². The van der Waals surface area contributed by atoms with E-state index in [1.54, 1.807) is 0 Å². The Hall–Kier alpha value is -5.67. The number of benzene rings is 7. The van der Waals surface area contributed by atoms with Crippen LogP contribution in [0.25, 0.3) is 76.4 Å². The summed E-state index contributed by atoms with van der Waals surface area (Å²) in [4.78, 5) is 14.3. The average Bonchev–Trinajstić information content (AvgIpc) is 3.40. The molecule has 196 valence electrons. The third kappa shape index (κ3) is 3.08. The van der Waals surface area contributed by atoms with Crippen molar-refractivity contribution in [3.8, 4) is 11.4 Å². The normalized spacial score (nSPS) is 11.9. The van der Waals surface area contributed by atoms with Crippen molar-refractivity contribution >= 4 is 65.0 Å². The van der Waals surface area contributed by atoms with Crippen molar-refractivity contribution in [1.82, 2.24) is 9.13 Å². The molecule has 0 saturated carbocycles. The highest BCUT2D eigenvalue weighted by Crippen LogP contribution is 2.40. The van der Waals surface area contributed by atoms with E-state index in [1.165, 1.54) is 32.3 Å². The van der Waals surface area contributed by atoms with Crippen molar-refractivity contribution in [2.45, 2.75) is 0 Å². The molecule has 0 amide bonds. The maximum absolute atomic E-state index is 14.3. The molecule has 0 N–H and O–H groups in total. The molecule has 9 rings (SSSR count). The van der Waals surface area contributed by atoms with E-state index in [4.69, 9.17) is 0 Å². The van der Waals surface area contributed by atoms with Crippen LogP contribution in [0.5, 0.6) is 0 Å². The molecule has 0 aliphatic carbocycles. The summed E-state index contributed by atoms with van der Waals surface area (Å²) in [6.07, 6.45) is 0. The minimum absolute atomic E-state index is 0.0226. The summed E-state index contributed by atoms with van der Waals surface area (Å²) in [6.45, 7) is 0. The van der Waals surface area contributed by atoms with Crippen molar-refractivity contribution in [1.29, 1.82) is 0 Å². The second kappa shape index (κ2) is 8.66. The Kier molecular flexibility index (Phi) is 4.76. The summed E-state index contributed by atoms with van der Waals surface area (Å²) < 4.78 is 4.16. The second-order valence-electron chi connectivity index (χ2n) is 10.9. The van der Waals surface area contributed by atoms with Gasteiger partial charge in [0.15, 0.2) is 0 Å². The molecular weight excluding hydrogens is 512 g/mol. The zero-order valence-corrected chi connectivity index (χ0v) is 22.7. The monoisotopic (exact) mass is 536 g/mol. The molecule has 3 heteroatoms. The molecular formula is C39H24N2O. The predicted molar refractivity (Wildman–Crippen MR) is 176 cm³/mol.